The molecular weight excluding hydrogens is 362 g/mol. The van der Waals surface area contributed by atoms with Gasteiger partial charge in [0.1, 0.15) is 0 Å². The van der Waals surface area contributed by atoms with Crippen LogP contribution in [-0.4, -0.2) is 59.8 Å². The summed E-state index contributed by atoms with van der Waals surface area (Å²) in [5, 5.41) is 8.27. The minimum Gasteiger partial charge on any atom is -0.416 e. The van der Waals surface area contributed by atoms with Crippen molar-refractivity contribution >= 4 is 27.5 Å². The second kappa shape index (κ2) is 7.57. The summed E-state index contributed by atoms with van der Waals surface area (Å²) < 4.78 is 28.6. The quantitative estimate of drug-likeness (QED) is 0.698. The zero-order valence-corrected chi connectivity index (χ0v) is 15.4. The van der Waals surface area contributed by atoms with Gasteiger partial charge in [0, 0.05) is 13.1 Å². The molecule has 1 amide bonds. The maximum Gasteiger partial charge on any atom is 0.277 e. The normalized spacial score (nSPS) is 19.0. The van der Waals surface area contributed by atoms with Crippen molar-refractivity contribution in [3.63, 3.8) is 0 Å². The summed E-state index contributed by atoms with van der Waals surface area (Å²) in [6, 6.07) is 9.54. The van der Waals surface area contributed by atoms with Crippen LogP contribution in [0.4, 0.5) is 0 Å². The monoisotopic (exact) mass is 381 g/mol. The Hall–Kier alpha value is -1.87. The first-order chi connectivity index (χ1) is 11.9. The van der Waals surface area contributed by atoms with Gasteiger partial charge in [-0.15, -0.1) is 10.2 Å². The summed E-state index contributed by atoms with van der Waals surface area (Å²) in [5.74, 6) is 0.683. The molecule has 0 radical (unpaired) electrons. The van der Waals surface area contributed by atoms with E-state index >= 15 is 0 Å². The topological polar surface area (TPSA) is 93.4 Å². The minimum absolute atomic E-state index is 0.0433. The summed E-state index contributed by atoms with van der Waals surface area (Å²) in [7, 11) is -1.37. The maximum atomic E-state index is 12.2. The summed E-state index contributed by atoms with van der Waals surface area (Å²) in [4.78, 5) is 13.7. The van der Waals surface area contributed by atoms with Crippen molar-refractivity contribution < 1.29 is 17.6 Å². The molecule has 3 rings (SSSR count). The molecule has 9 heteroatoms. The lowest BCUT2D eigenvalue weighted by molar-refractivity contribution is -0.128. The van der Waals surface area contributed by atoms with Gasteiger partial charge in [-0.25, -0.2) is 8.42 Å². The van der Waals surface area contributed by atoms with E-state index in [0.29, 0.717) is 24.0 Å². The third-order valence-electron chi connectivity index (χ3n) is 4.12. The number of sulfone groups is 1. The number of benzene rings is 1. The van der Waals surface area contributed by atoms with Crippen LogP contribution in [0.15, 0.2) is 40.0 Å². The van der Waals surface area contributed by atoms with Gasteiger partial charge in [0.15, 0.2) is 9.84 Å². The van der Waals surface area contributed by atoms with Crippen molar-refractivity contribution in [2.75, 3.05) is 24.3 Å². The second-order valence-electron chi connectivity index (χ2n) is 5.97. The third-order valence-corrected chi connectivity index (χ3v) is 6.67. The van der Waals surface area contributed by atoms with Crippen LogP contribution in [0.5, 0.6) is 0 Å². The average molecular weight is 381 g/mol. The lowest BCUT2D eigenvalue weighted by Gasteiger charge is -2.22. The summed E-state index contributed by atoms with van der Waals surface area (Å²) in [6.07, 6.45) is 1.04. The Bertz CT molecular complexity index is 836. The fourth-order valence-electron chi connectivity index (χ4n) is 2.65. The average Bonchev–Trinajstić information content (AvgIpc) is 3.19. The largest absolute Gasteiger partial charge is 0.416 e. The van der Waals surface area contributed by atoms with Crippen LogP contribution in [-0.2, 0) is 21.1 Å². The van der Waals surface area contributed by atoms with Gasteiger partial charge in [-0.1, -0.05) is 42.1 Å². The first kappa shape index (κ1) is 17.9. The van der Waals surface area contributed by atoms with Crippen LogP contribution in [0, 0.1) is 0 Å². The van der Waals surface area contributed by atoms with Crippen molar-refractivity contribution in [2.45, 2.75) is 24.1 Å². The molecule has 2 aromatic rings. The van der Waals surface area contributed by atoms with Gasteiger partial charge in [0.2, 0.25) is 11.8 Å². The number of carbonyl (C=O) groups is 1. The fourth-order valence-corrected chi connectivity index (χ4v) is 5.13. The van der Waals surface area contributed by atoms with E-state index in [4.69, 9.17) is 4.42 Å². The lowest BCUT2D eigenvalue weighted by Crippen LogP contribution is -2.38. The highest BCUT2D eigenvalue weighted by Crippen LogP contribution is 2.21. The summed E-state index contributed by atoms with van der Waals surface area (Å²) >= 11 is 1.17. The number of hydrogen-bond acceptors (Lipinski definition) is 7. The molecule has 0 aliphatic carbocycles. The van der Waals surface area contributed by atoms with E-state index in [1.54, 1.807) is 7.05 Å². The fraction of sp³-hybridized carbons (Fsp3) is 0.438. The predicted molar refractivity (Wildman–Crippen MR) is 94.1 cm³/mol. The molecule has 1 unspecified atom stereocenters. The van der Waals surface area contributed by atoms with E-state index in [1.165, 1.54) is 16.7 Å². The summed E-state index contributed by atoms with van der Waals surface area (Å²) in [6.45, 7) is 0. The molecule has 1 saturated heterocycles. The number of rotatable bonds is 6. The Balaban J connectivity index is 1.51. The van der Waals surface area contributed by atoms with Crippen LogP contribution in [0.25, 0.3) is 0 Å². The third kappa shape index (κ3) is 4.82. The van der Waals surface area contributed by atoms with E-state index in [-0.39, 0.29) is 29.2 Å². The van der Waals surface area contributed by atoms with Crippen LogP contribution in [0.2, 0.25) is 0 Å². The van der Waals surface area contributed by atoms with Gasteiger partial charge in [0.25, 0.3) is 5.22 Å². The molecule has 7 nitrogen and oxygen atoms in total. The molecule has 134 valence electrons. The molecule has 0 saturated carbocycles. The first-order valence-corrected chi connectivity index (χ1v) is 10.7. The molecule has 0 bridgehead atoms. The Morgan fingerprint density at radius 2 is 2.08 bits per heavy atom. The Kier molecular flexibility index (Phi) is 5.43. The maximum absolute atomic E-state index is 12.2. The molecular formula is C16H19N3O4S2. The zero-order chi connectivity index (χ0) is 17.9. The van der Waals surface area contributed by atoms with Crippen molar-refractivity contribution in [3.8, 4) is 0 Å². The van der Waals surface area contributed by atoms with Gasteiger partial charge in [-0.2, -0.15) is 0 Å². The molecule has 0 spiro atoms. The number of hydrogen-bond donors (Lipinski definition) is 0. The van der Waals surface area contributed by atoms with Crippen molar-refractivity contribution in [2.24, 2.45) is 0 Å². The molecule has 1 aliphatic heterocycles. The Morgan fingerprint density at radius 3 is 2.76 bits per heavy atom. The molecule has 1 atom stereocenters. The first-order valence-electron chi connectivity index (χ1n) is 7.88. The van der Waals surface area contributed by atoms with Gasteiger partial charge < -0.3 is 9.32 Å². The molecule has 1 fully saturated rings. The SMILES string of the molecule is CN(C(=O)CSc1nnc(Cc2ccccc2)o1)C1CCS(=O)(=O)C1. The standard InChI is InChI=1S/C16H19N3O4S2/c1-19(13-7-8-25(21,22)11-13)15(20)10-24-16-18-17-14(23-16)9-12-5-3-2-4-6-12/h2-6,13H,7-11H2,1H3. The van der Waals surface area contributed by atoms with E-state index in [2.05, 4.69) is 10.2 Å². The van der Waals surface area contributed by atoms with Crippen molar-refractivity contribution in [1.29, 1.82) is 0 Å². The molecule has 1 aromatic heterocycles. The van der Waals surface area contributed by atoms with Gasteiger partial charge in [-0.05, 0) is 12.0 Å². The molecule has 25 heavy (non-hydrogen) atoms. The predicted octanol–water partition coefficient (Wildman–Crippen LogP) is 1.40. The van der Waals surface area contributed by atoms with Gasteiger partial charge >= 0.3 is 0 Å². The number of aromatic nitrogens is 2. The van der Waals surface area contributed by atoms with Crippen LogP contribution < -0.4 is 0 Å². The Morgan fingerprint density at radius 1 is 1.32 bits per heavy atom. The van der Waals surface area contributed by atoms with Crippen LogP contribution in [0.1, 0.15) is 17.9 Å². The highest BCUT2D eigenvalue weighted by molar-refractivity contribution is 7.99. The zero-order valence-electron chi connectivity index (χ0n) is 13.8. The van der Waals surface area contributed by atoms with E-state index in [1.807, 2.05) is 30.3 Å². The van der Waals surface area contributed by atoms with E-state index in [9.17, 15) is 13.2 Å². The van der Waals surface area contributed by atoms with Crippen molar-refractivity contribution in [3.05, 3.63) is 41.8 Å². The molecule has 1 aromatic carbocycles. The van der Waals surface area contributed by atoms with Gasteiger partial charge in [-0.3, -0.25) is 4.79 Å². The highest BCUT2D eigenvalue weighted by Gasteiger charge is 2.32. The molecule has 1 aliphatic rings. The second-order valence-corrected chi connectivity index (χ2v) is 9.13. The van der Waals surface area contributed by atoms with Crippen LogP contribution in [0.3, 0.4) is 0 Å². The Labute approximate surface area is 150 Å². The number of carbonyl (C=O) groups excluding carboxylic acids is 1. The van der Waals surface area contributed by atoms with Crippen molar-refractivity contribution in [1.82, 2.24) is 15.1 Å². The lowest BCUT2D eigenvalue weighted by atomic mass is 10.2. The van der Waals surface area contributed by atoms with Crippen LogP contribution >= 0.6 is 11.8 Å². The minimum atomic E-state index is -3.01. The van der Waals surface area contributed by atoms with E-state index < -0.39 is 9.84 Å². The highest BCUT2D eigenvalue weighted by atomic mass is 32.2. The number of nitrogens with zero attached hydrogens (tertiary/aromatic N) is 3. The number of thioether (sulfide) groups is 1. The number of amides is 1. The molecule has 0 N–H and O–H groups in total. The van der Waals surface area contributed by atoms with E-state index in [0.717, 1.165) is 5.56 Å². The smallest absolute Gasteiger partial charge is 0.277 e. The summed E-state index contributed by atoms with van der Waals surface area (Å²) in [5.41, 5.74) is 1.07. The molecule has 2 heterocycles. The van der Waals surface area contributed by atoms with Gasteiger partial charge in [0.05, 0.1) is 23.7 Å².